The van der Waals surface area contributed by atoms with Crippen LogP contribution in [0.4, 0.5) is 10.1 Å². The smallest absolute Gasteiger partial charge is 0.143 e. The molecule has 100 valence electrons. The first kappa shape index (κ1) is 12.5. The lowest BCUT2D eigenvalue weighted by atomic mass is 10.1. The van der Waals surface area contributed by atoms with E-state index in [1.165, 1.54) is 6.07 Å². The van der Waals surface area contributed by atoms with Crippen molar-refractivity contribution >= 4 is 5.69 Å². The zero-order valence-corrected chi connectivity index (χ0v) is 10.8. The van der Waals surface area contributed by atoms with E-state index in [-0.39, 0.29) is 5.56 Å². The predicted molar refractivity (Wildman–Crippen MR) is 74.1 cm³/mol. The maximum Gasteiger partial charge on any atom is 0.143 e. The highest BCUT2D eigenvalue weighted by molar-refractivity contribution is 5.60. The summed E-state index contributed by atoms with van der Waals surface area (Å²) in [6.45, 7) is 1.74. The lowest BCUT2D eigenvalue weighted by Crippen LogP contribution is -2.26. The molecule has 0 saturated heterocycles. The van der Waals surface area contributed by atoms with Crippen LogP contribution in [0.25, 0.3) is 0 Å². The molecule has 1 heterocycles. The second kappa shape index (κ2) is 5.22. The van der Waals surface area contributed by atoms with E-state index in [2.05, 4.69) is 0 Å². The van der Waals surface area contributed by atoms with Crippen molar-refractivity contribution < 1.29 is 9.13 Å². The normalized spacial score (nSPS) is 13.9. The van der Waals surface area contributed by atoms with Gasteiger partial charge in [0, 0.05) is 12.1 Å². The fourth-order valence-electron chi connectivity index (χ4n) is 2.42. The fraction of sp³-hybridized carbons (Fsp3) is 0.188. The number of ether oxygens (including phenoxy) is 1. The van der Waals surface area contributed by atoms with E-state index in [0.29, 0.717) is 25.4 Å². The Labute approximate surface area is 116 Å². The van der Waals surface area contributed by atoms with Crippen molar-refractivity contribution in [2.24, 2.45) is 0 Å². The van der Waals surface area contributed by atoms with E-state index in [1.54, 1.807) is 12.1 Å². The van der Waals surface area contributed by atoms with Gasteiger partial charge in [-0.15, -0.1) is 0 Å². The van der Waals surface area contributed by atoms with Crippen molar-refractivity contribution in [3.8, 4) is 11.8 Å². The lowest BCUT2D eigenvalue weighted by Gasteiger charge is -2.23. The van der Waals surface area contributed by atoms with Crippen LogP contribution in [0.1, 0.15) is 11.1 Å². The number of nitrogens with zero attached hydrogens (tertiary/aromatic N) is 2. The Bertz CT molecular complexity index is 678. The summed E-state index contributed by atoms with van der Waals surface area (Å²) < 4.78 is 19.4. The van der Waals surface area contributed by atoms with Gasteiger partial charge in [-0.2, -0.15) is 5.26 Å². The van der Waals surface area contributed by atoms with Gasteiger partial charge < -0.3 is 9.64 Å². The largest absolute Gasteiger partial charge is 0.491 e. The summed E-state index contributed by atoms with van der Waals surface area (Å²) in [5.74, 6) is 0.369. The van der Waals surface area contributed by atoms with Gasteiger partial charge in [0.25, 0.3) is 0 Å². The van der Waals surface area contributed by atoms with E-state index in [9.17, 15) is 4.39 Å². The average molecular weight is 268 g/mol. The van der Waals surface area contributed by atoms with Gasteiger partial charge in [-0.1, -0.05) is 24.3 Å². The van der Waals surface area contributed by atoms with Crippen molar-refractivity contribution in [2.75, 3.05) is 18.1 Å². The van der Waals surface area contributed by atoms with Gasteiger partial charge in [-0.05, 0) is 18.2 Å². The molecule has 0 unspecified atom stereocenters. The molecule has 20 heavy (non-hydrogen) atoms. The monoisotopic (exact) mass is 268 g/mol. The highest BCUT2D eigenvalue weighted by Gasteiger charge is 2.19. The third-order valence-corrected chi connectivity index (χ3v) is 3.40. The molecule has 0 bridgehead atoms. The van der Waals surface area contributed by atoms with Gasteiger partial charge in [-0.3, -0.25) is 0 Å². The molecule has 0 radical (unpaired) electrons. The predicted octanol–water partition coefficient (Wildman–Crippen LogP) is 3.10. The van der Waals surface area contributed by atoms with Gasteiger partial charge in [0.05, 0.1) is 12.2 Å². The number of benzene rings is 2. The second-order valence-electron chi connectivity index (χ2n) is 4.62. The van der Waals surface area contributed by atoms with Crippen molar-refractivity contribution in [3.63, 3.8) is 0 Å². The average Bonchev–Trinajstić information content (AvgIpc) is 2.69. The van der Waals surface area contributed by atoms with E-state index >= 15 is 0 Å². The first-order valence-corrected chi connectivity index (χ1v) is 6.44. The number of halogens is 1. The van der Waals surface area contributed by atoms with Crippen molar-refractivity contribution in [2.45, 2.75) is 6.54 Å². The Morgan fingerprint density at radius 2 is 2.00 bits per heavy atom. The van der Waals surface area contributed by atoms with E-state index in [4.69, 9.17) is 10.00 Å². The summed E-state index contributed by atoms with van der Waals surface area (Å²) >= 11 is 0. The summed E-state index contributed by atoms with van der Waals surface area (Å²) in [4.78, 5) is 1.98. The van der Waals surface area contributed by atoms with Crippen LogP contribution in [0.15, 0.2) is 42.5 Å². The molecule has 2 aromatic rings. The zero-order valence-electron chi connectivity index (χ0n) is 10.8. The van der Waals surface area contributed by atoms with E-state index < -0.39 is 5.82 Å². The zero-order chi connectivity index (χ0) is 13.9. The van der Waals surface area contributed by atoms with Crippen molar-refractivity contribution in [1.29, 1.82) is 5.26 Å². The minimum atomic E-state index is -0.483. The van der Waals surface area contributed by atoms with Crippen LogP contribution in [0, 0.1) is 17.1 Å². The summed E-state index contributed by atoms with van der Waals surface area (Å²) in [7, 11) is 0. The van der Waals surface area contributed by atoms with Crippen LogP contribution in [0.2, 0.25) is 0 Å². The Morgan fingerprint density at radius 3 is 2.85 bits per heavy atom. The molecule has 1 aliphatic rings. The van der Waals surface area contributed by atoms with Gasteiger partial charge in [-0.25, -0.2) is 4.39 Å². The third-order valence-electron chi connectivity index (χ3n) is 3.40. The maximum absolute atomic E-state index is 13.7. The number of fused-ring (bicyclic) bond motifs is 1. The van der Waals surface area contributed by atoms with Crippen LogP contribution < -0.4 is 9.64 Å². The highest BCUT2D eigenvalue weighted by atomic mass is 19.1. The number of nitriles is 1. The molecule has 0 amide bonds. The Balaban J connectivity index is 2.00. The number of para-hydroxylation sites is 1. The van der Waals surface area contributed by atoms with Gasteiger partial charge in [0.2, 0.25) is 0 Å². The number of anilines is 1. The van der Waals surface area contributed by atoms with Gasteiger partial charge in [0.1, 0.15) is 29.8 Å². The Hall–Kier alpha value is -2.54. The molecule has 2 aromatic carbocycles. The molecule has 0 fully saturated rings. The number of hydrogen-bond donors (Lipinski definition) is 0. The molecule has 3 nitrogen and oxygen atoms in total. The number of hydrogen-bond acceptors (Lipinski definition) is 3. The minimum Gasteiger partial charge on any atom is -0.491 e. The van der Waals surface area contributed by atoms with E-state index in [0.717, 1.165) is 11.3 Å². The molecule has 3 rings (SSSR count). The van der Waals surface area contributed by atoms with Crippen LogP contribution in [0.5, 0.6) is 5.75 Å². The molecular weight excluding hydrogens is 255 g/mol. The molecule has 1 aliphatic heterocycles. The third kappa shape index (κ3) is 2.19. The molecule has 0 saturated carbocycles. The van der Waals surface area contributed by atoms with Crippen molar-refractivity contribution in [3.05, 3.63) is 59.4 Å². The highest BCUT2D eigenvalue weighted by Crippen LogP contribution is 2.28. The lowest BCUT2D eigenvalue weighted by molar-refractivity contribution is 0.331. The summed E-state index contributed by atoms with van der Waals surface area (Å²) in [5.41, 5.74) is 1.75. The molecule has 0 N–H and O–H groups in total. The molecule has 0 atom stereocenters. The number of rotatable bonds is 1. The van der Waals surface area contributed by atoms with Gasteiger partial charge in [0.15, 0.2) is 0 Å². The second-order valence-corrected chi connectivity index (χ2v) is 4.62. The van der Waals surface area contributed by atoms with Crippen LogP contribution in [-0.2, 0) is 6.54 Å². The SMILES string of the molecule is N#Cc1c(F)cccc1N1CCOc2ccccc2C1. The molecule has 0 spiro atoms. The first-order valence-electron chi connectivity index (χ1n) is 6.44. The van der Waals surface area contributed by atoms with Gasteiger partial charge >= 0.3 is 0 Å². The summed E-state index contributed by atoms with van der Waals surface area (Å²) in [6.07, 6.45) is 0. The molecule has 4 heteroatoms. The van der Waals surface area contributed by atoms with Crippen LogP contribution in [-0.4, -0.2) is 13.2 Å². The topological polar surface area (TPSA) is 36.3 Å². The minimum absolute atomic E-state index is 0.0897. The van der Waals surface area contributed by atoms with Crippen molar-refractivity contribution in [1.82, 2.24) is 0 Å². The first-order chi connectivity index (χ1) is 9.79. The molecular formula is C16H13FN2O. The maximum atomic E-state index is 13.7. The van der Waals surface area contributed by atoms with Crippen LogP contribution in [0.3, 0.4) is 0 Å². The standard InChI is InChI=1S/C16H13FN2O/c17-14-5-3-6-15(13(14)10-18)19-8-9-20-16-7-2-1-4-12(16)11-19/h1-7H,8-9,11H2. The fourth-order valence-corrected chi connectivity index (χ4v) is 2.42. The Kier molecular flexibility index (Phi) is 3.26. The molecule has 0 aliphatic carbocycles. The summed E-state index contributed by atoms with van der Waals surface area (Å²) in [6, 6.07) is 14.4. The summed E-state index contributed by atoms with van der Waals surface area (Å²) in [5, 5.41) is 9.15. The molecule has 0 aromatic heterocycles. The van der Waals surface area contributed by atoms with Crippen LogP contribution >= 0.6 is 0 Å². The Morgan fingerprint density at radius 1 is 1.15 bits per heavy atom. The van der Waals surface area contributed by atoms with E-state index in [1.807, 2.05) is 35.2 Å². The quantitative estimate of drug-likeness (QED) is 0.797.